The summed E-state index contributed by atoms with van der Waals surface area (Å²) in [4.78, 5) is 11.7. The highest BCUT2D eigenvalue weighted by Crippen LogP contribution is 2.29. The Kier molecular flexibility index (Phi) is 4.27. The summed E-state index contributed by atoms with van der Waals surface area (Å²) in [6, 6.07) is 8.35. The fourth-order valence-corrected chi connectivity index (χ4v) is 1.89. The molecule has 0 bridgehead atoms. The molecule has 1 heterocycles. The molecule has 0 radical (unpaired) electrons. The van der Waals surface area contributed by atoms with Crippen LogP contribution in [0.3, 0.4) is 0 Å². The zero-order valence-corrected chi connectivity index (χ0v) is 10.6. The van der Waals surface area contributed by atoms with E-state index in [0.717, 1.165) is 12.1 Å². The summed E-state index contributed by atoms with van der Waals surface area (Å²) in [6.45, 7) is 0. The molecule has 0 saturated heterocycles. The van der Waals surface area contributed by atoms with Gasteiger partial charge >= 0.3 is 6.18 Å². The van der Waals surface area contributed by atoms with Gasteiger partial charge < -0.3 is 4.42 Å². The second-order valence-electron chi connectivity index (χ2n) is 4.49. The molecule has 20 heavy (non-hydrogen) atoms. The molecule has 0 amide bonds. The third kappa shape index (κ3) is 3.98. The van der Waals surface area contributed by atoms with Crippen molar-refractivity contribution in [3.63, 3.8) is 0 Å². The number of alkyl halides is 3. The van der Waals surface area contributed by atoms with Crippen molar-refractivity contribution < 1.29 is 22.4 Å². The minimum Gasteiger partial charge on any atom is -0.469 e. The first-order chi connectivity index (χ1) is 9.45. The summed E-state index contributed by atoms with van der Waals surface area (Å²) < 4.78 is 42.7. The first-order valence-corrected chi connectivity index (χ1v) is 6.15. The van der Waals surface area contributed by atoms with E-state index < -0.39 is 11.7 Å². The number of furan rings is 1. The number of halogens is 3. The molecule has 0 aliphatic carbocycles. The van der Waals surface area contributed by atoms with E-state index >= 15 is 0 Å². The second kappa shape index (κ2) is 5.94. The largest absolute Gasteiger partial charge is 0.469 e. The lowest BCUT2D eigenvalue weighted by molar-refractivity contribution is -0.137. The molecule has 0 aliphatic rings. The number of rotatable bonds is 5. The molecule has 2 nitrogen and oxygen atoms in total. The number of benzene rings is 1. The molecule has 0 spiro atoms. The predicted molar refractivity (Wildman–Crippen MR) is 67.2 cm³/mol. The minimum atomic E-state index is -4.38. The minimum absolute atomic E-state index is 0.00459. The van der Waals surface area contributed by atoms with Crippen molar-refractivity contribution in [3.05, 3.63) is 59.5 Å². The molecular weight excluding hydrogens is 269 g/mol. The molecule has 5 heteroatoms. The number of ketones is 1. The van der Waals surface area contributed by atoms with E-state index in [1.807, 2.05) is 0 Å². The summed E-state index contributed by atoms with van der Waals surface area (Å²) in [5.74, 6) is 0.586. The van der Waals surface area contributed by atoms with Crippen LogP contribution in [0.5, 0.6) is 0 Å². The molecule has 0 aliphatic heterocycles. The highest BCUT2D eigenvalue weighted by Gasteiger charge is 2.30. The fraction of sp³-hybridized carbons (Fsp3) is 0.267. The Morgan fingerprint density at radius 3 is 2.60 bits per heavy atom. The predicted octanol–water partition coefficient (Wildman–Crippen LogP) is 4.04. The Balaban J connectivity index is 1.94. The zero-order chi connectivity index (χ0) is 14.6. The Labute approximate surface area is 114 Å². The first kappa shape index (κ1) is 14.4. The van der Waals surface area contributed by atoms with Crippen molar-refractivity contribution in [2.75, 3.05) is 0 Å². The van der Waals surface area contributed by atoms with Crippen LogP contribution >= 0.6 is 0 Å². The highest BCUT2D eigenvalue weighted by atomic mass is 19.4. The third-order valence-corrected chi connectivity index (χ3v) is 2.89. The van der Waals surface area contributed by atoms with Crippen molar-refractivity contribution in [1.29, 1.82) is 0 Å². The topological polar surface area (TPSA) is 30.2 Å². The van der Waals surface area contributed by atoms with Gasteiger partial charge in [0.05, 0.1) is 11.8 Å². The zero-order valence-electron chi connectivity index (χ0n) is 10.6. The van der Waals surface area contributed by atoms with Crippen molar-refractivity contribution in [1.82, 2.24) is 0 Å². The van der Waals surface area contributed by atoms with Gasteiger partial charge in [-0.15, -0.1) is 0 Å². The normalized spacial score (nSPS) is 11.6. The number of Topliss-reactive ketones (excluding diaryl/α,β-unsaturated/α-hetero) is 1. The summed E-state index contributed by atoms with van der Waals surface area (Å²) in [5.41, 5.74) is -0.349. The van der Waals surface area contributed by atoms with Crippen molar-refractivity contribution in [2.24, 2.45) is 0 Å². The van der Waals surface area contributed by atoms with Crippen molar-refractivity contribution in [3.8, 4) is 0 Å². The molecular formula is C15H13F3O2. The van der Waals surface area contributed by atoms with Crippen LogP contribution in [-0.4, -0.2) is 5.78 Å². The van der Waals surface area contributed by atoms with Crippen LogP contribution in [0.4, 0.5) is 13.2 Å². The smallest absolute Gasteiger partial charge is 0.416 e. The van der Waals surface area contributed by atoms with Crippen LogP contribution in [0.15, 0.2) is 47.1 Å². The summed E-state index contributed by atoms with van der Waals surface area (Å²) in [5, 5.41) is 0. The summed E-state index contributed by atoms with van der Waals surface area (Å²) in [6.07, 6.45) is -2.14. The lowest BCUT2D eigenvalue weighted by atomic mass is 10.0. The fourth-order valence-electron chi connectivity index (χ4n) is 1.89. The van der Waals surface area contributed by atoms with Gasteiger partial charge in [-0.2, -0.15) is 13.2 Å². The van der Waals surface area contributed by atoms with Gasteiger partial charge in [-0.05, 0) is 23.8 Å². The number of aryl methyl sites for hydroxylation is 1. The van der Waals surface area contributed by atoms with Crippen molar-refractivity contribution in [2.45, 2.75) is 25.4 Å². The van der Waals surface area contributed by atoms with Crippen LogP contribution in [0.2, 0.25) is 0 Å². The summed E-state index contributed by atoms with van der Waals surface area (Å²) in [7, 11) is 0. The summed E-state index contributed by atoms with van der Waals surface area (Å²) >= 11 is 0. The van der Waals surface area contributed by atoms with Crippen LogP contribution < -0.4 is 0 Å². The maximum absolute atomic E-state index is 12.5. The van der Waals surface area contributed by atoms with Crippen LogP contribution in [0.1, 0.15) is 23.3 Å². The maximum Gasteiger partial charge on any atom is 0.416 e. The van der Waals surface area contributed by atoms with Gasteiger partial charge in [0.25, 0.3) is 0 Å². The number of carbonyl (C=O) groups excluding carboxylic acids is 1. The quantitative estimate of drug-likeness (QED) is 0.828. The molecule has 0 N–H and O–H groups in total. The third-order valence-electron chi connectivity index (χ3n) is 2.89. The highest BCUT2D eigenvalue weighted by molar-refractivity contribution is 5.81. The second-order valence-corrected chi connectivity index (χ2v) is 4.49. The Bertz CT molecular complexity index is 571. The van der Waals surface area contributed by atoms with Gasteiger partial charge in [0, 0.05) is 19.3 Å². The number of carbonyl (C=O) groups is 1. The van der Waals surface area contributed by atoms with Crippen LogP contribution in [0.25, 0.3) is 0 Å². The average molecular weight is 282 g/mol. The Morgan fingerprint density at radius 2 is 1.95 bits per heavy atom. The van der Waals surface area contributed by atoms with Crippen LogP contribution in [0, 0.1) is 0 Å². The Morgan fingerprint density at radius 1 is 1.15 bits per heavy atom. The van der Waals surface area contributed by atoms with Gasteiger partial charge in [0.2, 0.25) is 0 Å². The van der Waals surface area contributed by atoms with E-state index in [2.05, 4.69) is 0 Å². The molecule has 0 unspecified atom stereocenters. The lowest BCUT2D eigenvalue weighted by Crippen LogP contribution is -2.08. The van der Waals surface area contributed by atoms with Gasteiger partial charge in [-0.25, -0.2) is 0 Å². The molecule has 1 aromatic heterocycles. The SMILES string of the molecule is O=C(CCc1ccco1)Cc1cccc(C(F)(F)F)c1. The standard InChI is InChI=1S/C15H13F3O2/c16-15(17,18)12-4-1-3-11(9-12)10-13(19)6-7-14-5-2-8-20-14/h1-5,8-9H,6-7,10H2. The van der Waals surface area contributed by atoms with E-state index in [0.29, 0.717) is 17.7 Å². The molecule has 0 saturated carbocycles. The monoisotopic (exact) mass is 282 g/mol. The molecule has 2 aromatic rings. The van der Waals surface area contributed by atoms with Crippen molar-refractivity contribution >= 4 is 5.78 Å². The van der Waals surface area contributed by atoms with E-state index in [9.17, 15) is 18.0 Å². The van der Waals surface area contributed by atoms with E-state index in [4.69, 9.17) is 4.42 Å². The van der Waals surface area contributed by atoms with Gasteiger partial charge in [0.1, 0.15) is 11.5 Å². The number of hydrogen-bond donors (Lipinski definition) is 0. The van der Waals surface area contributed by atoms with Crippen LogP contribution in [-0.2, 0) is 23.8 Å². The number of hydrogen-bond acceptors (Lipinski definition) is 2. The molecule has 0 atom stereocenters. The first-order valence-electron chi connectivity index (χ1n) is 6.15. The van der Waals surface area contributed by atoms with Gasteiger partial charge in [0.15, 0.2) is 0 Å². The van der Waals surface area contributed by atoms with Gasteiger partial charge in [-0.3, -0.25) is 4.79 Å². The van der Waals surface area contributed by atoms with E-state index in [1.54, 1.807) is 12.1 Å². The van der Waals surface area contributed by atoms with Gasteiger partial charge in [-0.1, -0.05) is 18.2 Å². The lowest BCUT2D eigenvalue weighted by Gasteiger charge is -2.08. The Hall–Kier alpha value is -2.04. The molecule has 2 rings (SSSR count). The molecule has 0 fully saturated rings. The van der Waals surface area contributed by atoms with E-state index in [1.165, 1.54) is 18.4 Å². The molecule has 106 valence electrons. The maximum atomic E-state index is 12.5. The average Bonchev–Trinajstić information content (AvgIpc) is 2.89. The molecule has 1 aromatic carbocycles. The van der Waals surface area contributed by atoms with E-state index in [-0.39, 0.29) is 18.6 Å².